The van der Waals surface area contributed by atoms with Gasteiger partial charge in [-0.05, 0) is 79.2 Å². The van der Waals surface area contributed by atoms with Crippen molar-refractivity contribution >= 4 is 35.3 Å². The van der Waals surface area contributed by atoms with Gasteiger partial charge in [0.15, 0.2) is 29.6 Å². The Hall–Kier alpha value is -5.50. The molecule has 3 atom stereocenters. The summed E-state index contributed by atoms with van der Waals surface area (Å²) in [6, 6.07) is 21.7. The smallest absolute Gasteiger partial charge is 0.408 e. The first kappa shape index (κ1) is 39.7. The fourth-order valence-corrected chi connectivity index (χ4v) is 8.53. The molecular formula is C42H43Cl2N5O8. The molecule has 5 aromatic rings. The van der Waals surface area contributed by atoms with Gasteiger partial charge in [0.25, 0.3) is 0 Å². The Morgan fingerprint density at radius 1 is 0.947 bits per heavy atom. The Labute approximate surface area is 340 Å². The number of fused-ring (bicyclic) bond motifs is 3. The Morgan fingerprint density at radius 2 is 1.65 bits per heavy atom. The van der Waals surface area contributed by atoms with Gasteiger partial charge in [-0.15, -0.1) is 0 Å². The molecule has 5 heterocycles. The number of nitrogens with one attached hydrogen (secondary N) is 1. The molecule has 2 bridgehead atoms. The van der Waals surface area contributed by atoms with Crippen molar-refractivity contribution in [2.75, 3.05) is 33.9 Å². The minimum absolute atomic E-state index is 0.0821. The lowest BCUT2D eigenvalue weighted by atomic mass is 9.84. The third-order valence-electron chi connectivity index (χ3n) is 10.9. The number of hydrogen-bond acceptors (Lipinski definition) is 9. The number of rotatable bonds is 14. The molecule has 1 amide bonds. The predicted molar refractivity (Wildman–Crippen MR) is 212 cm³/mol. The maximum Gasteiger partial charge on any atom is 0.408 e. The van der Waals surface area contributed by atoms with Crippen LogP contribution >= 0.6 is 23.2 Å². The third kappa shape index (κ3) is 8.75. The van der Waals surface area contributed by atoms with Gasteiger partial charge in [-0.1, -0.05) is 71.7 Å². The summed E-state index contributed by atoms with van der Waals surface area (Å²) >= 11 is 13.2. The molecule has 0 saturated carbocycles. The van der Waals surface area contributed by atoms with E-state index in [9.17, 15) is 19.9 Å². The Morgan fingerprint density at radius 3 is 2.30 bits per heavy atom. The normalized spacial score (nSPS) is 18.4. The number of halogens is 2. The first-order valence-electron chi connectivity index (χ1n) is 18.6. The van der Waals surface area contributed by atoms with Crippen LogP contribution < -0.4 is 24.3 Å². The molecule has 3 fully saturated rings. The number of nitrogens with zero attached hydrogens (tertiary/aromatic N) is 4. The highest BCUT2D eigenvalue weighted by Crippen LogP contribution is 2.40. The van der Waals surface area contributed by atoms with Gasteiger partial charge in [0, 0.05) is 30.6 Å². The number of aromatic carboxylic acids is 1. The van der Waals surface area contributed by atoms with Crippen LogP contribution in [0.5, 0.6) is 17.2 Å². The number of carbonyl (C=O) groups is 2. The van der Waals surface area contributed by atoms with Crippen molar-refractivity contribution in [3.05, 3.63) is 140 Å². The molecule has 3 aliphatic heterocycles. The van der Waals surface area contributed by atoms with Crippen LogP contribution in [0, 0.1) is 11.1 Å². The van der Waals surface area contributed by atoms with E-state index in [1.54, 1.807) is 31.3 Å². The Bertz CT molecular complexity index is 2220. The molecule has 0 radical (unpaired) electrons. The number of alkyl carbamates (subject to hydrolysis) is 1. The lowest BCUT2D eigenvalue weighted by Crippen LogP contribution is -2.52. The number of piperidine rings is 3. The number of carbonyl (C=O) groups excluding carboxylic acids is 1. The van der Waals surface area contributed by atoms with E-state index in [2.05, 4.69) is 15.3 Å². The predicted octanol–water partition coefficient (Wildman–Crippen LogP) is 6.94. The second-order valence-electron chi connectivity index (χ2n) is 14.2. The van der Waals surface area contributed by atoms with Crippen molar-refractivity contribution in [2.24, 2.45) is 13.0 Å². The van der Waals surface area contributed by atoms with Crippen molar-refractivity contribution in [3.8, 4) is 17.2 Å². The Balaban J connectivity index is 1.21. The molecule has 15 heteroatoms. The van der Waals surface area contributed by atoms with Gasteiger partial charge in [-0.25, -0.2) is 9.59 Å². The molecule has 0 aliphatic carbocycles. The first-order chi connectivity index (χ1) is 27.5. The monoisotopic (exact) mass is 815 g/mol. The number of aryl methyl sites for hydroxylation is 1. The van der Waals surface area contributed by atoms with Gasteiger partial charge < -0.3 is 34.6 Å². The van der Waals surface area contributed by atoms with Gasteiger partial charge in [0.05, 0.1) is 26.0 Å². The van der Waals surface area contributed by atoms with E-state index < -0.39 is 24.0 Å². The van der Waals surface area contributed by atoms with Crippen LogP contribution in [-0.4, -0.2) is 71.8 Å². The third-order valence-corrected chi connectivity index (χ3v) is 11.5. The highest BCUT2D eigenvalue weighted by molar-refractivity contribution is 6.35. The van der Waals surface area contributed by atoms with E-state index in [4.69, 9.17) is 42.1 Å². The number of carboxylic acids is 1. The lowest BCUT2D eigenvalue weighted by molar-refractivity contribution is -0.605. The summed E-state index contributed by atoms with van der Waals surface area (Å²) in [6.07, 6.45) is 3.90. The highest BCUT2D eigenvalue weighted by atomic mass is 35.5. The highest BCUT2D eigenvalue weighted by Gasteiger charge is 2.37. The van der Waals surface area contributed by atoms with Crippen molar-refractivity contribution in [1.29, 1.82) is 0 Å². The number of amides is 1. The zero-order chi connectivity index (χ0) is 40.2. The van der Waals surface area contributed by atoms with Crippen LogP contribution in [0.15, 0.2) is 85.2 Å². The molecular weight excluding hydrogens is 773 g/mol. The first-order valence-corrected chi connectivity index (χ1v) is 19.3. The Kier molecular flexibility index (Phi) is 12.1. The number of pyridine rings is 1. The topological polar surface area (TPSA) is 151 Å². The van der Waals surface area contributed by atoms with Crippen LogP contribution in [0.3, 0.4) is 0 Å². The van der Waals surface area contributed by atoms with E-state index in [0.717, 1.165) is 43.6 Å². The maximum absolute atomic E-state index is 13.4. The number of methoxy groups -OCH3 is 2. The summed E-state index contributed by atoms with van der Waals surface area (Å²) in [5, 5.41) is 30.4. The second kappa shape index (κ2) is 17.3. The minimum Gasteiger partial charge on any atom is -0.619 e. The zero-order valence-corrected chi connectivity index (χ0v) is 33.2. The summed E-state index contributed by atoms with van der Waals surface area (Å²) in [6.45, 7) is 2.74. The number of carboxylic acid groups (broad SMARTS) is 1. The molecule has 0 spiro atoms. The van der Waals surface area contributed by atoms with E-state index >= 15 is 0 Å². The SMILES string of the molecule is COc1ccc([C@H](Cc2c(Cl)c[n+]([O-])cc2Cl)c2c(C(=O)O)nn(C)c2COc2cccc(C(NC(=O)O[C@H]3CN4CCC3CC4)c3ccccc3)c2)cc1OC. The summed E-state index contributed by atoms with van der Waals surface area (Å²) in [5.74, 6) is -0.213. The quantitative estimate of drug-likeness (QED) is 0.0892. The van der Waals surface area contributed by atoms with Gasteiger partial charge >= 0.3 is 12.1 Å². The van der Waals surface area contributed by atoms with Crippen LogP contribution in [0.2, 0.25) is 10.0 Å². The van der Waals surface area contributed by atoms with Crippen LogP contribution in [-0.2, 0) is 24.8 Å². The maximum atomic E-state index is 13.4. The summed E-state index contributed by atoms with van der Waals surface area (Å²) in [7, 11) is 4.68. The summed E-state index contributed by atoms with van der Waals surface area (Å²) in [5.41, 5.74) is 3.35. The van der Waals surface area contributed by atoms with E-state index in [1.807, 2.05) is 48.5 Å². The largest absolute Gasteiger partial charge is 0.619 e. The summed E-state index contributed by atoms with van der Waals surface area (Å²) < 4.78 is 25.5. The van der Waals surface area contributed by atoms with E-state index in [1.165, 1.54) is 31.3 Å². The number of ether oxygens (including phenoxy) is 4. The van der Waals surface area contributed by atoms with Crippen molar-refractivity contribution < 1.29 is 38.4 Å². The molecule has 3 aromatic carbocycles. The van der Waals surface area contributed by atoms with E-state index in [0.29, 0.717) is 50.3 Å². The average Bonchev–Trinajstić information content (AvgIpc) is 3.55. The molecule has 2 N–H and O–H groups in total. The molecule has 3 aliphatic rings. The molecule has 57 heavy (non-hydrogen) atoms. The lowest BCUT2D eigenvalue weighted by Gasteiger charge is -2.43. The molecule has 13 nitrogen and oxygen atoms in total. The van der Waals surface area contributed by atoms with Crippen LogP contribution in [0.4, 0.5) is 4.79 Å². The number of benzene rings is 3. The van der Waals surface area contributed by atoms with Crippen LogP contribution in [0.25, 0.3) is 0 Å². The molecule has 3 saturated heterocycles. The number of aromatic nitrogens is 3. The second-order valence-corrected chi connectivity index (χ2v) is 15.0. The fraction of sp³-hybridized carbons (Fsp3) is 0.333. The standard InChI is InChI=1S/C42H43Cl2N5O8/c1-47-34(38(40(46-47)41(50)51)30(20-31-32(43)21-49(53)22-33(31)44)27-12-13-35(54-2)36(19-27)55-3)24-56-29-11-7-10-28(18-29)39(26-8-5-4-6-9-26)45-42(52)57-37-23-48-16-14-25(37)15-17-48/h4-13,18-19,21-22,25,30,37,39H,14-17,20,23-24H2,1-3H3,(H,45,52)(H,50,51)/t30-,37-,39?/m0/s1. The zero-order valence-electron chi connectivity index (χ0n) is 31.7. The van der Waals surface area contributed by atoms with Crippen molar-refractivity contribution in [1.82, 2.24) is 20.0 Å². The fourth-order valence-electron chi connectivity index (χ4n) is 7.93. The molecule has 298 valence electrons. The average molecular weight is 817 g/mol. The summed E-state index contributed by atoms with van der Waals surface area (Å²) in [4.78, 5) is 28.6. The minimum atomic E-state index is -1.25. The van der Waals surface area contributed by atoms with Gasteiger partial charge in [0.2, 0.25) is 0 Å². The van der Waals surface area contributed by atoms with Crippen molar-refractivity contribution in [3.63, 3.8) is 0 Å². The van der Waals surface area contributed by atoms with E-state index in [-0.39, 0.29) is 34.9 Å². The van der Waals surface area contributed by atoms with Crippen LogP contribution in [0.1, 0.15) is 68.8 Å². The van der Waals surface area contributed by atoms with Crippen molar-refractivity contribution in [2.45, 2.75) is 43.9 Å². The number of hydrogen-bond donors (Lipinski definition) is 2. The molecule has 1 unspecified atom stereocenters. The van der Waals surface area contributed by atoms with Gasteiger partial charge in [-0.2, -0.15) is 9.83 Å². The van der Waals surface area contributed by atoms with Gasteiger partial charge in [0.1, 0.15) is 28.5 Å². The van der Waals surface area contributed by atoms with Gasteiger partial charge in [-0.3, -0.25) is 9.58 Å². The molecule has 2 aromatic heterocycles. The molecule has 8 rings (SSSR count).